The number of aliphatic hydroxyl groups excluding tert-OH is 1. The van der Waals surface area contributed by atoms with Crippen LogP contribution in [0.15, 0.2) is 54.6 Å². The zero-order valence-corrected chi connectivity index (χ0v) is 14.9. The van der Waals surface area contributed by atoms with Crippen LogP contribution in [-0.2, 0) is 9.84 Å². The molecule has 0 fully saturated rings. The molecule has 0 aliphatic heterocycles. The van der Waals surface area contributed by atoms with Crippen molar-refractivity contribution < 1.29 is 13.5 Å². The van der Waals surface area contributed by atoms with Gasteiger partial charge in [0.15, 0.2) is 9.84 Å². The zero-order valence-electron chi connectivity index (χ0n) is 11.2. The number of hydrogen-bond acceptors (Lipinski definition) is 3. The summed E-state index contributed by atoms with van der Waals surface area (Å²) in [6.07, 6.45) is -0.298. The van der Waals surface area contributed by atoms with Crippen LogP contribution in [0.2, 0.25) is 0 Å². The van der Waals surface area contributed by atoms with Crippen LogP contribution >= 0.6 is 34.2 Å². The molecule has 0 amide bonds. The average molecular weight is 437 g/mol. The van der Waals surface area contributed by atoms with Gasteiger partial charge < -0.3 is 5.11 Å². The third kappa shape index (κ3) is 3.59. The Hall–Kier alpha value is -0.630. The summed E-state index contributed by atoms with van der Waals surface area (Å²) in [6, 6.07) is 16.8. The number of hydrogen-bond donors (Lipinski definition) is 1. The van der Waals surface area contributed by atoms with Crippen molar-refractivity contribution in [2.45, 2.75) is 8.32 Å². The lowest BCUT2D eigenvalue weighted by Crippen LogP contribution is -2.31. The topological polar surface area (TPSA) is 54.4 Å². The first-order chi connectivity index (χ1) is 9.73. The Balaban J connectivity index is 2.32. The Morgan fingerprint density at radius 3 is 2.00 bits per heavy atom. The van der Waals surface area contributed by atoms with E-state index in [1.54, 1.807) is 34.7 Å². The van der Waals surface area contributed by atoms with Crippen molar-refractivity contribution in [2.24, 2.45) is 0 Å². The van der Waals surface area contributed by atoms with Crippen molar-refractivity contribution in [3.8, 4) is 11.1 Å². The highest BCUT2D eigenvalue weighted by molar-refractivity contribution is 14.1. The predicted octanol–water partition coefficient (Wildman–Crippen LogP) is 3.76. The molecule has 0 bridgehead atoms. The van der Waals surface area contributed by atoms with Gasteiger partial charge in [-0.1, -0.05) is 66.2 Å². The van der Waals surface area contributed by atoms with Crippen LogP contribution in [0.1, 0.15) is 11.7 Å². The summed E-state index contributed by atoms with van der Waals surface area (Å²) in [5, 5.41) is 10.2. The van der Waals surface area contributed by atoms with Crippen LogP contribution in [-0.4, -0.2) is 22.0 Å². The molecule has 0 aliphatic rings. The molecule has 2 atom stereocenters. The van der Waals surface area contributed by atoms with E-state index in [0.29, 0.717) is 5.56 Å². The molecule has 0 radical (unpaired) electrons. The van der Waals surface area contributed by atoms with Gasteiger partial charge in [-0.3, -0.25) is 0 Å². The molecule has 0 saturated carbocycles. The summed E-state index contributed by atoms with van der Waals surface area (Å²) >= 11 is 7.56. The SMILES string of the molecule is CS(=O)(=O)[C@](Cl)(I)[C@@H](O)c1ccc(-c2ccccc2)cc1. The van der Waals surface area contributed by atoms with Crippen molar-refractivity contribution in [1.82, 2.24) is 0 Å². The van der Waals surface area contributed by atoms with E-state index in [-0.39, 0.29) is 0 Å². The van der Waals surface area contributed by atoms with E-state index in [9.17, 15) is 13.5 Å². The lowest BCUT2D eigenvalue weighted by molar-refractivity contribution is 0.188. The number of sulfone groups is 1. The van der Waals surface area contributed by atoms with E-state index in [1.165, 1.54) is 0 Å². The first-order valence-corrected chi connectivity index (χ1v) is 9.49. The maximum Gasteiger partial charge on any atom is 0.224 e. The fourth-order valence-corrected chi connectivity index (χ4v) is 2.91. The minimum absolute atomic E-state index is 0.463. The third-order valence-corrected chi connectivity index (χ3v) is 8.40. The monoisotopic (exact) mass is 436 g/mol. The number of rotatable bonds is 4. The number of aliphatic hydroxyl groups is 1. The Labute approximate surface area is 143 Å². The Kier molecular flexibility index (Phi) is 4.97. The first-order valence-electron chi connectivity index (χ1n) is 6.14. The molecule has 112 valence electrons. The molecule has 0 spiro atoms. The first kappa shape index (κ1) is 16.7. The summed E-state index contributed by atoms with van der Waals surface area (Å²) in [5.74, 6) is 0. The minimum atomic E-state index is -3.61. The smallest absolute Gasteiger partial charge is 0.224 e. The number of alkyl halides is 2. The number of benzene rings is 2. The summed E-state index contributed by atoms with van der Waals surface area (Å²) in [4.78, 5) is 0. The van der Waals surface area contributed by atoms with Gasteiger partial charge in [0.25, 0.3) is 0 Å². The van der Waals surface area contributed by atoms with Crippen LogP contribution in [0, 0.1) is 0 Å². The normalized spacial score (nSPS) is 16.2. The van der Waals surface area contributed by atoms with E-state index >= 15 is 0 Å². The van der Waals surface area contributed by atoms with Gasteiger partial charge in [-0.15, -0.1) is 0 Å². The molecule has 6 heteroatoms. The van der Waals surface area contributed by atoms with E-state index in [2.05, 4.69) is 0 Å². The molecule has 2 aromatic rings. The van der Waals surface area contributed by atoms with Crippen LogP contribution in [0.3, 0.4) is 0 Å². The molecule has 3 nitrogen and oxygen atoms in total. The lowest BCUT2D eigenvalue weighted by Gasteiger charge is -2.24. The van der Waals surface area contributed by atoms with E-state index in [1.807, 2.05) is 42.5 Å². The van der Waals surface area contributed by atoms with Crippen molar-refractivity contribution in [1.29, 1.82) is 0 Å². The highest BCUT2D eigenvalue weighted by Gasteiger charge is 2.44. The average Bonchev–Trinajstić information content (AvgIpc) is 2.46. The summed E-state index contributed by atoms with van der Waals surface area (Å²) in [5.41, 5.74) is 2.50. The summed E-state index contributed by atoms with van der Waals surface area (Å²) < 4.78 is 21.5. The predicted molar refractivity (Wildman–Crippen MR) is 94.3 cm³/mol. The second-order valence-electron chi connectivity index (χ2n) is 4.72. The van der Waals surface area contributed by atoms with Crippen molar-refractivity contribution in [3.63, 3.8) is 0 Å². The van der Waals surface area contributed by atoms with E-state index < -0.39 is 18.2 Å². The molecule has 0 aromatic heterocycles. The van der Waals surface area contributed by atoms with Gasteiger partial charge in [0.1, 0.15) is 6.10 Å². The van der Waals surface area contributed by atoms with Crippen molar-refractivity contribution >= 4 is 44.0 Å². The number of halogens is 2. The highest BCUT2D eigenvalue weighted by atomic mass is 127. The van der Waals surface area contributed by atoms with Gasteiger partial charge in [0.05, 0.1) is 0 Å². The molecule has 21 heavy (non-hydrogen) atoms. The Morgan fingerprint density at radius 2 is 1.52 bits per heavy atom. The minimum Gasteiger partial charge on any atom is -0.385 e. The standard InChI is InChI=1S/C15H14ClIO3S/c1-21(19,20)15(16,17)14(18)13-9-7-12(8-10-13)11-5-3-2-4-6-11/h2-10,14,18H,1H3/t14-,15+/m0/s1. The largest absolute Gasteiger partial charge is 0.385 e. The molecule has 0 saturated heterocycles. The quantitative estimate of drug-likeness (QED) is 0.586. The van der Waals surface area contributed by atoms with Gasteiger partial charge in [0.2, 0.25) is 2.21 Å². The maximum atomic E-state index is 11.7. The second kappa shape index (κ2) is 6.24. The third-order valence-electron chi connectivity index (χ3n) is 3.15. The van der Waals surface area contributed by atoms with Gasteiger partial charge >= 0.3 is 0 Å². The van der Waals surface area contributed by atoms with E-state index in [0.717, 1.165) is 17.4 Å². The molecule has 0 aliphatic carbocycles. The van der Waals surface area contributed by atoms with Gasteiger partial charge in [0, 0.05) is 6.26 Å². The molecular weight excluding hydrogens is 423 g/mol. The molecular formula is C15H14ClIO3S. The van der Waals surface area contributed by atoms with Crippen LogP contribution in [0.4, 0.5) is 0 Å². The fourth-order valence-electron chi connectivity index (χ4n) is 1.89. The van der Waals surface area contributed by atoms with Gasteiger partial charge in [-0.25, -0.2) is 8.42 Å². The van der Waals surface area contributed by atoms with Crippen molar-refractivity contribution in [3.05, 3.63) is 60.2 Å². The fraction of sp³-hybridized carbons (Fsp3) is 0.200. The van der Waals surface area contributed by atoms with E-state index in [4.69, 9.17) is 11.6 Å². The second-order valence-corrected chi connectivity index (χ2v) is 10.8. The lowest BCUT2D eigenvalue weighted by atomic mass is 10.0. The molecule has 0 heterocycles. The van der Waals surface area contributed by atoms with Crippen LogP contribution in [0.5, 0.6) is 0 Å². The van der Waals surface area contributed by atoms with Crippen molar-refractivity contribution in [2.75, 3.05) is 6.26 Å². The maximum absolute atomic E-state index is 11.7. The molecule has 2 rings (SSSR count). The molecule has 1 N–H and O–H groups in total. The Morgan fingerprint density at radius 1 is 1.05 bits per heavy atom. The van der Waals surface area contributed by atoms with Gasteiger partial charge in [-0.05, 0) is 39.3 Å². The van der Waals surface area contributed by atoms with Gasteiger partial charge in [-0.2, -0.15) is 0 Å². The Bertz CT molecular complexity index is 712. The summed E-state index contributed by atoms with van der Waals surface area (Å²) in [6.45, 7) is 0. The molecule has 2 aromatic carbocycles. The molecule has 0 unspecified atom stereocenters. The van der Waals surface area contributed by atoms with Crippen LogP contribution in [0.25, 0.3) is 11.1 Å². The summed E-state index contributed by atoms with van der Waals surface area (Å²) in [7, 11) is -3.61. The zero-order chi connectivity index (χ0) is 15.7. The highest BCUT2D eigenvalue weighted by Crippen LogP contribution is 2.42. The van der Waals surface area contributed by atoms with Crippen LogP contribution < -0.4 is 0 Å².